The SMILES string of the molecule is CCCn1c(=O)nc(SC)c2c1ncn2COCc1ccccc1. The summed E-state index contributed by atoms with van der Waals surface area (Å²) in [5, 5.41) is 0.683. The Labute approximate surface area is 144 Å². The predicted octanol–water partition coefficient (Wildman–Crippen LogP) is 2.90. The number of rotatable bonds is 7. The average Bonchev–Trinajstić information content (AvgIpc) is 3.02. The lowest BCUT2D eigenvalue weighted by atomic mass is 10.2. The number of hydrogen-bond acceptors (Lipinski definition) is 5. The van der Waals surface area contributed by atoms with E-state index in [1.807, 2.05) is 48.1 Å². The fourth-order valence-corrected chi connectivity index (χ4v) is 3.15. The molecule has 0 N–H and O–H groups in total. The molecule has 0 spiro atoms. The predicted molar refractivity (Wildman–Crippen MR) is 95.1 cm³/mol. The summed E-state index contributed by atoms with van der Waals surface area (Å²) in [6.07, 6.45) is 4.48. The Kier molecular flexibility index (Phi) is 5.32. The Morgan fingerprint density at radius 2 is 2.04 bits per heavy atom. The minimum absolute atomic E-state index is 0.246. The summed E-state index contributed by atoms with van der Waals surface area (Å²) in [5.74, 6) is 0. The average molecular weight is 344 g/mol. The second-order valence-corrected chi connectivity index (χ2v) is 6.20. The number of thioether (sulfide) groups is 1. The Balaban J connectivity index is 1.88. The zero-order chi connectivity index (χ0) is 16.9. The van der Waals surface area contributed by atoms with E-state index in [0.717, 1.165) is 17.5 Å². The molecule has 0 atom stereocenters. The van der Waals surface area contributed by atoms with Gasteiger partial charge in [0.1, 0.15) is 17.3 Å². The van der Waals surface area contributed by atoms with Gasteiger partial charge >= 0.3 is 5.69 Å². The van der Waals surface area contributed by atoms with E-state index in [9.17, 15) is 4.79 Å². The van der Waals surface area contributed by atoms with E-state index in [0.29, 0.717) is 30.6 Å². The molecule has 126 valence electrons. The Bertz CT molecular complexity index is 873. The van der Waals surface area contributed by atoms with Crippen LogP contribution in [-0.2, 0) is 24.6 Å². The quantitative estimate of drug-likeness (QED) is 0.487. The topological polar surface area (TPSA) is 61.9 Å². The van der Waals surface area contributed by atoms with Crippen molar-refractivity contribution in [3.8, 4) is 0 Å². The number of hydrogen-bond donors (Lipinski definition) is 0. The van der Waals surface area contributed by atoms with Gasteiger partial charge in [-0.15, -0.1) is 11.8 Å². The molecule has 1 aromatic carbocycles. The lowest BCUT2D eigenvalue weighted by molar-refractivity contribution is 0.0661. The lowest BCUT2D eigenvalue weighted by Gasteiger charge is -2.10. The first-order valence-electron chi connectivity index (χ1n) is 7.86. The molecule has 6 nitrogen and oxygen atoms in total. The molecule has 0 aliphatic heterocycles. The van der Waals surface area contributed by atoms with Crippen molar-refractivity contribution in [1.29, 1.82) is 0 Å². The van der Waals surface area contributed by atoms with Gasteiger partial charge in [-0.1, -0.05) is 37.3 Å². The smallest absolute Gasteiger partial charge is 0.350 e. The van der Waals surface area contributed by atoms with Crippen LogP contribution >= 0.6 is 11.8 Å². The van der Waals surface area contributed by atoms with Crippen LogP contribution in [0.2, 0.25) is 0 Å². The second-order valence-electron chi connectivity index (χ2n) is 5.41. The molecule has 3 aromatic rings. The van der Waals surface area contributed by atoms with Crippen molar-refractivity contribution in [2.75, 3.05) is 6.26 Å². The van der Waals surface area contributed by atoms with Gasteiger partial charge in [-0.05, 0) is 18.2 Å². The maximum atomic E-state index is 12.2. The van der Waals surface area contributed by atoms with E-state index in [1.165, 1.54) is 11.8 Å². The maximum absolute atomic E-state index is 12.2. The summed E-state index contributed by atoms with van der Waals surface area (Å²) in [7, 11) is 0. The molecule has 0 bridgehead atoms. The molecular formula is C17H20N4O2S. The monoisotopic (exact) mass is 344 g/mol. The first-order valence-corrected chi connectivity index (χ1v) is 9.08. The van der Waals surface area contributed by atoms with Crippen LogP contribution in [0.4, 0.5) is 0 Å². The van der Waals surface area contributed by atoms with Crippen LogP contribution in [0.1, 0.15) is 18.9 Å². The second kappa shape index (κ2) is 7.63. The van der Waals surface area contributed by atoms with Crippen LogP contribution in [-0.4, -0.2) is 25.4 Å². The van der Waals surface area contributed by atoms with Gasteiger partial charge in [-0.25, -0.2) is 9.78 Å². The molecule has 24 heavy (non-hydrogen) atoms. The number of aryl methyl sites for hydroxylation is 1. The minimum atomic E-state index is -0.246. The summed E-state index contributed by atoms with van der Waals surface area (Å²) >= 11 is 1.45. The Hall–Kier alpha value is -2.12. The molecule has 3 rings (SSSR count). The fourth-order valence-electron chi connectivity index (χ4n) is 2.58. The molecule has 0 amide bonds. The van der Waals surface area contributed by atoms with Gasteiger partial charge in [0, 0.05) is 6.54 Å². The van der Waals surface area contributed by atoms with Gasteiger partial charge in [0.15, 0.2) is 5.65 Å². The molecule has 2 heterocycles. The van der Waals surface area contributed by atoms with Gasteiger partial charge in [0.2, 0.25) is 0 Å². The normalized spacial score (nSPS) is 11.2. The van der Waals surface area contributed by atoms with E-state index < -0.39 is 0 Å². The summed E-state index contributed by atoms with van der Waals surface area (Å²) in [4.78, 5) is 20.8. The van der Waals surface area contributed by atoms with Crippen molar-refractivity contribution in [3.63, 3.8) is 0 Å². The van der Waals surface area contributed by atoms with Crippen LogP contribution in [0.15, 0.2) is 46.5 Å². The van der Waals surface area contributed by atoms with Gasteiger partial charge in [-0.2, -0.15) is 4.98 Å². The first-order chi connectivity index (χ1) is 11.7. The molecule has 0 aliphatic rings. The molecular weight excluding hydrogens is 324 g/mol. The van der Waals surface area contributed by atoms with Gasteiger partial charge < -0.3 is 9.30 Å². The highest BCUT2D eigenvalue weighted by atomic mass is 32.2. The number of benzene rings is 1. The van der Waals surface area contributed by atoms with Crippen LogP contribution in [0, 0.1) is 0 Å². The van der Waals surface area contributed by atoms with Crippen molar-refractivity contribution < 1.29 is 4.74 Å². The van der Waals surface area contributed by atoms with E-state index in [2.05, 4.69) is 9.97 Å². The number of aromatic nitrogens is 4. The number of ether oxygens (including phenoxy) is 1. The molecule has 0 radical (unpaired) electrons. The first kappa shape index (κ1) is 16.7. The van der Waals surface area contributed by atoms with Gasteiger partial charge in [0.25, 0.3) is 0 Å². The van der Waals surface area contributed by atoms with Crippen LogP contribution in [0.3, 0.4) is 0 Å². The number of fused-ring (bicyclic) bond motifs is 1. The molecule has 0 aliphatic carbocycles. The van der Waals surface area contributed by atoms with E-state index in [4.69, 9.17) is 4.74 Å². The molecule has 2 aromatic heterocycles. The largest absolute Gasteiger partial charge is 0.356 e. The highest BCUT2D eigenvalue weighted by Gasteiger charge is 2.15. The maximum Gasteiger partial charge on any atom is 0.350 e. The lowest BCUT2D eigenvalue weighted by Crippen LogP contribution is -2.24. The minimum Gasteiger partial charge on any atom is -0.356 e. The van der Waals surface area contributed by atoms with E-state index >= 15 is 0 Å². The highest BCUT2D eigenvalue weighted by Crippen LogP contribution is 2.22. The van der Waals surface area contributed by atoms with E-state index in [-0.39, 0.29) is 5.69 Å². The molecule has 7 heteroatoms. The van der Waals surface area contributed by atoms with Gasteiger partial charge in [0.05, 0.1) is 12.9 Å². The van der Waals surface area contributed by atoms with Crippen molar-refractivity contribution in [2.24, 2.45) is 0 Å². The van der Waals surface area contributed by atoms with Crippen molar-refractivity contribution in [2.45, 2.75) is 38.3 Å². The Morgan fingerprint density at radius 1 is 1.25 bits per heavy atom. The highest BCUT2D eigenvalue weighted by molar-refractivity contribution is 7.98. The Morgan fingerprint density at radius 3 is 2.75 bits per heavy atom. The summed E-state index contributed by atoms with van der Waals surface area (Å²) in [6, 6.07) is 10.0. The molecule has 0 fully saturated rings. The zero-order valence-electron chi connectivity index (χ0n) is 13.8. The number of imidazole rings is 1. The van der Waals surface area contributed by atoms with Crippen LogP contribution in [0.5, 0.6) is 0 Å². The molecule has 0 saturated carbocycles. The summed E-state index contributed by atoms with van der Waals surface area (Å²) in [6.45, 7) is 3.53. The fraction of sp³-hybridized carbons (Fsp3) is 0.353. The summed E-state index contributed by atoms with van der Waals surface area (Å²) in [5.41, 5.74) is 2.39. The standard InChI is InChI=1S/C17H20N4O2S/c1-3-9-21-15-14(16(24-2)19-17(21)22)20(11-18-15)12-23-10-13-7-5-4-6-8-13/h4-8,11H,3,9-10,12H2,1-2H3. The third kappa shape index (κ3) is 3.37. The third-order valence-electron chi connectivity index (χ3n) is 3.69. The number of nitrogens with zero attached hydrogens (tertiary/aromatic N) is 4. The van der Waals surface area contributed by atoms with Gasteiger partial charge in [-0.3, -0.25) is 4.57 Å². The van der Waals surface area contributed by atoms with Crippen LogP contribution in [0.25, 0.3) is 11.2 Å². The van der Waals surface area contributed by atoms with Crippen LogP contribution < -0.4 is 5.69 Å². The van der Waals surface area contributed by atoms with Crippen molar-refractivity contribution >= 4 is 22.9 Å². The third-order valence-corrected chi connectivity index (χ3v) is 4.36. The zero-order valence-corrected chi connectivity index (χ0v) is 14.6. The van der Waals surface area contributed by atoms with E-state index in [1.54, 1.807) is 10.9 Å². The molecule has 0 unspecified atom stereocenters. The van der Waals surface area contributed by atoms with Crippen molar-refractivity contribution in [1.82, 2.24) is 19.1 Å². The van der Waals surface area contributed by atoms with Crippen molar-refractivity contribution in [3.05, 3.63) is 52.7 Å². The summed E-state index contributed by atoms with van der Waals surface area (Å²) < 4.78 is 9.33. The molecule has 0 saturated heterocycles.